The molecule has 0 heterocycles. The minimum Gasteiger partial charge on any atom is -0.444 e. The highest BCUT2D eigenvalue weighted by molar-refractivity contribution is 8.02. The van der Waals surface area contributed by atoms with Gasteiger partial charge in [0, 0.05) is 34.5 Å². The smallest absolute Gasteiger partial charge is 0.416 e. The van der Waals surface area contributed by atoms with Crippen LogP contribution in [0.25, 0.3) is 5.70 Å². The maximum absolute atomic E-state index is 13.0. The molecular formula is C25H29F3N4O3S. The van der Waals surface area contributed by atoms with Crippen molar-refractivity contribution in [2.75, 3.05) is 11.9 Å². The lowest BCUT2D eigenvalue weighted by molar-refractivity contribution is -0.137. The number of halogens is 3. The minimum absolute atomic E-state index is 0.176. The number of rotatable bonds is 9. The van der Waals surface area contributed by atoms with Crippen molar-refractivity contribution < 1.29 is 27.5 Å². The number of thioether (sulfide) groups is 1. The zero-order chi connectivity index (χ0) is 26.8. The molecule has 0 radical (unpaired) electrons. The van der Waals surface area contributed by atoms with Gasteiger partial charge in [-0.25, -0.2) is 9.79 Å². The lowest BCUT2D eigenvalue weighted by atomic mass is 10.1. The molecule has 0 aliphatic carbocycles. The Bertz CT molecular complexity index is 1110. The Morgan fingerprint density at radius 3 is 2.50 bits per heavy atom. The van der Waals surface area contributed by atoms with Gasteiger partial charge in [-0.05, 0) is 57.5 Å². The molecule has 0 saturated carbocycles. The van der Waals surface area contributed by atoms with Crippen molar-refractivity contribution >= 4 is 41.5 Å². The van der Waals surface area contributed by atoms with Gasteiger partial charge in [0.05, 0.1) is 17.6 Å². The van der Waals surface area contributed by atoms with E-state index in [0.717, 1.165) is 30.2 Å². The first-order chi connectivity index (χ1) is 16.9. The van der Waals surface area contributed by atoms with Gasteiger partial charge >= 0.3 is 12.3 Å². The third-order valence-electron chi connectivity index (χ3n) is 4.37. The summed E-state index contributed by atoms with van der Waals surface area (Å²) in [5.41, 5.74) is 5.66. The minimum atomic E-state index is -4.43. The fraction of sp³-hybridized carbons (Fsp3) is 0.320. The number of anilines is 1. The van der Waals surface area contributed by atoms with Crippen molar-refractivity contribution in [3.8, 4) is 0 Å². The van der Waals surface area contributed by atoms with Crippen LogP contribution in [-0.4, -0.2) is 30.5 Å². The zero-order valence-electron chi connectivity index (χ0n) is 20.2. The number of aliphatic imine (C=N–C) groups is 1. The summed E-state index contributed by atoms with van der Waals surface area (Å²) in [4.78, 5) is 28.4. The second-order valence-electron chi connectivity index (χ2n) is 8.59. The predicted octanol–water partition coefficient (Wildman–Crippen LogP) is 6.03. The number of nitrogens with two attached hydrogens (primary N) is 1. The van der Waals surface area contributed by atoms with Gasteiger partial charge in [0.1, 0.15) is 5.60 Å². The first kappa shape index (κ1) is 28.8. The van der Waals surface area contributed by atoms with Crippen molar-refractivity contribution in [1.82, 2.24) is 5.32 Å². The second kappa shape index (κ2) is 13.0. The van der Waals surface area contributed by atoms with Gasteiger partial charge in [0.15, 0.2) is 0 Å². The normalized spacial score (nSPS) is 12.4. The standard InChI is InChI=1S/C25H29F3N4O3S/c1-24(2,3)35-23(34)30-12-6-11-22(33)32-19-9-4-7-17(13-19)21(31-16-29)15-36-20-10-5-8-18(14-20)25(26,27)28/h4-5,7-10,13-16H,6,11-12H2,1-3H3,(H2,29,31)(H,30,34)(H,32,33)/b21-15-. The molecule has 0 aromatic heterocycles. The summed E-state index contributed by atoms with van der Waals surface area (Å²) in [5.74, 6) is -0.246. The highest BCUT2D eigenvalue weighted by atomic mass is 32.2. The lowest BCUT2D eigenvalue weighted by Gasteiger charge is -2.19. The van der Waals surface area contributed by atoms with Crippen molar-refractivity contribution in [1.29, 1.82) is 0 Å². The third kappa shape index (κ3) is 10.4. The number of nitrogens with zero attached hydrogens (tertiary/aromatic N) is 1. The molecule has 0 fully saturated rings. The monoisotopic (exact) mass is 522 g/mol. The second-order valence-corrected chi connectivity index (χ2v) is 9.53. The first-order valence-corrected chi connectivity index (χ1v) is 11.9. The predicted molar refractivity (Wildman–Crippen MR) is 136 cm³/mol. The number of alkyl carbamates (subject to hydrolysis) is 1. The van der Waals surface area contributed by atoms with E-state index >= 15 is 0 Å². The number of amides is 2. The maximum Gasteiger partial charge on any atom is 0.416 e. The van der Waals surface area contributed by atoms with E-state index in [4.69, 9.17) is 10.5 Å². The molecule has 2 aromatic carbocycles. The molecule has 194 valence electrons. The van der Waals surface area contributed by atoms with Crippen LogP contribution in [-0.2, 0) is 15.7 Å². The number of alkyl halides is 3. The highest BCUT2D eigenvalue weighted by Gasteiger charge is 2.30. The van der Waals surface area contributed by atoms with E-state index in [0.29, 0.717) is 28.3 Å². The van der Waals surface area contributed by atoms with E-state index < -0.39 is 23.4 Å². The van der Waals surface area contributed by atoms with Crippen molar-refractivity contribution in [3.63, 3.8) is 0 Å². The molecule has 11 heteroatoms. The van der Waals surface area contributed by atoms with Gasteiger partial charge in [0.25, 0.3) is 0 Å². The molecule has 0 saturated heterocycles. The lowest BCUT2D eigenvalue weighted by Crippen LogP contribution is -2.33. The van der Waals surface area contributed by atoms with Gasteiger partial charge in [-0.15, -0.1) is 0 Å². The molecule has 2 amide bonds. The molecule has 7 nitrogen and oxygen atoms in total. The van der Waals surface area contributed by atoms with Gasteiger partial charge in [-0.3, -0.25) is 4.79 Å². The Hall–Kier alpha value is -3.47. The Morgan fingerprint density at radius 2 is 1.83 bits per heavy atom. The van der Waals surface area contributed by atoms with Crippen LogP contribution in [0, 0.1) is 0 Å². The molecule has 0 aliphatic heterocycles. The van der Waals surface area contributed by atoms with Crippen LogP contribution in [0.5, 0.6) is 0 Å². The van der Waals surface area contributed by atoms with Crippen LogP contribution >= 0.6 is 11.8 Å². The Morgan fingerprint density at radius 1 is 1.11 bits per heavy atom. The van der Waals surface area contributed by atoms with Gasteiger partial charge in [-0.2, -0.15) is 13.2 Å². The quantitative estimate of drug-likeness (QED) is 0.161. The summed E-state index contributed by atoms with van der Waals surface area (Å²) in [6, 6.07) is 11.8. The molecule has 36 heavy (non-hydrogen) atoms. The summed E-state index contributed by atoms with van der Waals surface area (Å²) >= 11 is 1.07. The molecule has 2 rings (SSSR count). The Balaban J connectivity index is 1.99. The van der Waals surface area contributed by atoms with Crippen LogP contribution < -0.4 is 16.4 Å². The Labute approximate surface area is 212 Å². The van der Waals surface area contributed by atoms with Crippen molar-refractivity contribution in [2.24, 2.45) is 10.7 Å². The van der Waals surface area contributed by atoms with Gasteiger partial charge < -0.3 is 21.1 Å². The summed E-state index contributed by atoms with van der Waals surface area (Å²) < 4.78 is 44.0. The average Bonchev–Trinajstić information content (AvgIpc) is 2.78. The summed E-state index contributed by atoms with van der Waals surface area (Å²) in [7, 11) is 0. The SMILES string of the molecule is CC(C)(C)OC(=O)NCCCC(=O)Nc1cccc(/C(=C/Sc2cccc(C(F)(F)F)c2)N=CN)c1. The maximum atomic E-state index is 13.0. The molecular weight excluding hydrogens is 493 g/mol. The van der Waals surface area contributed by atoms with Crippen LogP contribution in [0.2, 0.25) is 0 Å². The van der Waals surface area contributed by atoms with E-state index in [-0.39, 0.29) is 18.9 Å². The van der Waals surface area contributed by atoms with Crippen LogP contribution in [0.4, 0.5) is 23.7 Å². The number of nitrogens with one attached hydrogen (secondary N) is 2. The first-order valence-electron chi connectivity index (χ1n) is 11.0. The number of benzene rings is 2. The average molecular weight is 523 g/mol. The van der Waals surface area contributed by atoms with E-state index in [1.165, 1.54) is 6.07 Å². The largest absolute Gasteiger partial charge is 0.444 e. The summed E-state index contributed by atoms with van der Waals surface area (Å²) in [6.45, 7) is 5.57. The van der Waals surface area contributed by atoms with E-state index in [1.807, 2.05) is 0 Å². The topological polar surface area (TPSA) is 106 Å². The number of carbonyl (C=O) groups excluding carboxylic acids is 2. The van der Waals surface area contributed by atoms with Crippen LogP contribution in [0.3, 0.4) is 0 Å². The van der Waals surface area contributed by atoms with Gasteiger partial charge in [-0.1, -0.05) is 30.0 Å². The summed E-state index contributed by atoms with van der Waals surface area (Å²) in [5, 5.41) is 6.96. The highest BCUT2D eigenvalue weighted by Crippen LogP contribution is 2.33. The number of hydrogen-bond acceptors (Lipinski definition) is 5. The fourth-order valence-corrected chi connectivity index (χ4v) is 3.65. The van der Waals surface area contributed by atoms with Crippen LogP contribution in [0.1, 0.15) is 44.7 Å². The number of hydrogen-bond donors (Lipinski definition) is 3. The number of ether oxygens (including phenoxy) is 1. The molecule has 0 bridgehead atoms. The van der Waals surface area contributed by atoms with Crippen molar-refractivity contribution in [2.45, 2.75) is 50.3 Å². The molecule has 4 N–H and O–H groups in total. The third-order valence-corrected chi connectivity index (χ3v) is 5.24. The van der Waals surface area contributed by atoms with Gasteiger partial charge in [0.2, 0.25) is 5.91 Å². The van der Waals surface area contributed by atoms with Crippen LogP contribution in [0.15, 0.2) is 63.8 Å². The molecule has 2 aromatic rings. The molecule has 0 aliphatic rings. The Kier molecular flexibility index (Phi) is 10.4. The molecule has 0 unspecified atom stereocenters. The zero-order valence-corrected chi connectivity index (χ0v) is 21.0. The van der Waals surface area contributed by atoms with E-state index in [1.54, 1.807) is 56.5 Å². The van der Waals surface area contributed by atoms with E-state index in [9.17, 15) is 22.8 Å². The molecule has 0 atom stereocenters. The number of carbonyl (C=O) groups is 2. The fourth-order valence-electron chi connectivity index (χ4n) is 2.86. The van der Waals surface area contributed by atoms with E-state index in [2.05, 4.69) is 15.6 Å². The van der Waals surface area contributed by atoms with Crippen molar-refractivity contribution in [3.05, 3.63) is 65.1 Å². The molecule has 0 spiro atoms. The summed E-state index contributed by atoms with van der Waals surface area (Å²) in [6.07, 6.45) is -3.30.